The van der Waals surface area contributed by atoms with Gasteiger partial charge in [0, 0.05) is 17.2 Å². The minimum absolute atomic E-state index is 0.554. The van der Waals surface area contributed by atoms with Crippen LogP contribution >= 0.6 is 0 Å². The molecule has 0 aliphatic heterocycles. The molecule has 68 valence electrons. The highest BCUT2D eigenvalue weighted by Crippen LogP contribution is 2.37. The van der Waals surface area contributed by atoms with Gasteiger partial charge in [-0.2, -0.15) is 0 Å². The van der Waals surface area contributed by atoms with E-state index < -0.39 is 0 Å². The Morgan fingerprint density at radius 3 is 2.77 bits per heavy atom. The molecule has 0 heterocycles. The maximum absolute atomic E-state index is 5.88. The van der Waals surface area contributed by atoms with E-state index >= 15 is 0 Å². The summed E-state index contributed by atoms with van der Waals surface area (Å²) < 4.78 is 0. The monoisotopic (exact) mass is 173 g/mol. The topological polar surface area (TPSA) is 26.0 Å². The van der Waals surface area contributed by atoms with Gasteiger partial charge in [0.25, 0.3) is 0 Å². The Labute approximate surface area is 79.3 Å². The predicted molar refractivity (Wildman–Crippen MR) is 57.5 cm³/mol. The van der Waals surface area contributed by atoms with Crippen molar-refractivity contribution < 1.29 is 0 Å². The molecule has 1 unspecified atom stereocenters. The first-order valence-electron chi connectivity index (χ1n) is 4.76. The molecule has 1 atom stereocenters. The third-order valence-electron chi connectivity index (χ3n) is 2.72. The largest absolute Gasteiger partial charge is 0.398 e. The van der Waals surface area contributed by atoms with Gasteiger partial charge in [-0.1, -0.05) is 38.1 Å². The van der Waals surface area contributed by atoms with Crippen molar-refractivity contribution in [3.8, 4) is 0 Å². The number of nitrogens with two attached hydrogens (primary N) is 1. The number of rotatable bonds is 1. The second-order valence-corrected chi connectivity index (χ2v) is 3.98. The zero-order valence-corrected chi connectivity index (χ0v) is 8.12. The molecule has 1 aliphatic carbocycles. The highest BCUT2D eigenvalue weighted by Gasteiger charge is 2.20. The fraction of sp³-hybridized carbons (Fsp3) is 0.333. The Morgan fingerprint density at radius 2 is 2.08 bits per heavy atom. The molecule has 0 radical (unpaired) electrons. The Balaban J connectivity index is 2.49. The molecule has 0 aromatic heterocycles. The van der Waals surface area contributed by atoms with Crippen molar-refractivity contribution in [1.29, 1.82) is 0 Å². The average Bonchev–Trinajstić information content (AvgIpc) is 2.48. The molecule has 0 bridgehead atoms. The lowest BCUT2D eigenvalue weighted by Crippen LogP contribution is -2.02. The average molecular weight is 173 g/mol. The lowest BCUT2D eigenvalue weighted by molar-refractivity contribution is 0.584. The molecular formula is C12H15N. The lowest BCUT2D eigenvalue weighted by Gasteiger charge is -2.15. The van der Waals surface area contributed by atoms with Crippen LogP contribution in [0.25, 0.3) is 6.08 Å². The third kappa shape index (κ3) is 1.24. The van der Waals surface area contributed by atoms with E-state index in [-0.39, 0.29) is 0 Å². The molecule has 13 heavy (non-hydrogen) atoms. The SMILES string of the molecule is CC(C)C1C=Cc2c(N)cccc21. The van der Waals surface area contributed by atoms with Gasteiger partial charge in [-0.25, -0.2) is 0 Å². The van der Waals surface area contributed by atoms with Gasteiger partial charge in [0.2, 0.25) is 0 Å². The molecule has 0 saturated carbocycles. The van der Waals surface area contributed by atoms with E-state index in [2.05, 4.69) is 32.1 Å². The van der Waals surface area contributed by atoms with Crippen LogP contribution in [0.3, 0.4) is 0 Å². The summed E-state index contributed by atoms with van der Waals surface area (Å²) in [5.41, 5.74) is 9.39. The van der Waals surface area contributed by atoms with Crippen LogP contribution in [0.1, 0.15) is 30.9 Å². The molecule has 1 aromatic carbocycles. The van der Waals surface area contributed by atoms with Crippen molar-refractivity contribution in [3.05, 3.63) is 35.4 Å². The van der Waals surface area contributed by atoms with E-state index in [4.69, 9.17) is 5.73 Å². The smallest absolute Gasteiger partial charge is 0.0390 e. The second-order valence-electron chi connectivity index (χ2n) is 3.98. The van der Waals surface area contributed by atoms with Crippen molar-refractivity contribution in [2.75, 3.05) is 5.73 Å². The first-order chi connectivity index (χ1) is 6.20. The lowest BCUT2D eigenvalue weighted by atomic mass is 9.90. The van der Waals surface area contributed by atoms with E-state index in [9.17, 15) is 0 Å². The Bertz CT molecular complexity index is 350. The molecule has 1 nitrogen and oxygen atoms in total. The van der Waals surface area contributed by atoms with Gasteiger partial charge < -0.3 is 5.73 Å². The van der Waals surface area contributed by atoms with E-state index in [1.807, 2.05) is 12.1 Å². The van der Waals surface area contributed by atoms with Crippen molar-refractivity contribution in [3.63, 3.8) is 0 Å². The van der Waals surface area contributed by atoms with Gasteiger partial charge in [0.05, 0.1) is 0 Å². The van der Waals surface area contributed by atoms with Gasteiger partial charge in [0.15, 0.2) is 0 Å². The highest BCUT2D eigenvalue weighted by molar-refractivity contribution is 5.73. The summed E-state index contributed by atoms with van der Waals surface area (Å²) >= 11 is 0. The molecule has 1 aromatic rings. The van der Waals surface area contributed by atoms with Gasteiger partial charge in [-0.15, -0.1) is 0 Å². The second kappa shape index (κ2) is 2.91. The van der Waals surface area contributed by atoms with E-state index in [0.29, 0.717) is 11.8 Å². The number of benzene rings is 1. The van der Waals surface area contributed by atoms with Gasteiger partial charge in [-0.05, 0) is 17.5 Å². The summed E-state index contributed by atoms with van der Waals surface area (Å²) in [6.07, 6.45) is 4.40. The first-order valence-corrected chi connectivity index (χ1v) is 4.76. The van der Waals surface area contributed by atoms with E-state index in [0.717, 1.165) is 5.69 Å². The fourth-order valence-electron chi connectivity index (χ4n) is 1.97. The fourth-order valence-corrected chi connectivity index (χ4v) is 1.97. The molecule has 0 saturated heterocycles. The zero-order chi connectivity index (χ0) is 9.42. The standard InChI is InChI=1S/C12H15N/c1-8(2)9-6-7-11-10(9)4-3-5-12(11)13/h3-9H,13H2,1-2H3. The van der Waals surface area contributed by atoms with Crippen molar-refractivity contribution >= 4 is 11.8 Å². The van der Waals surface area contributed by atoms with Crippen LogP contribution in [0.4, 0.5) is 5.69 Å². The highest BCUT2D eigenvalue weighted by atomic mass is 14.6. The van der Waals surface area contributed by atoms with Crippen LogP contribution in [0.5, 0.6) is 0 Å². The normalized spacial score (nSPS) is 19.5. The van der Waals surface area contributed by atoms with Crippen LogP contribution in [-0.2, 0) is 0 Å². The molecule has 2 N–H and O–H groups in total. The summed E-state index contributed by atoms with van der Waals surface area (Å²) in [5.74, 6) is 1.21. The van der Waals surface area contributed by atoms with E-state index in [1.54, 1.807) is 0 Å². The number of nitrogen functional groups attached to an aromatic ring is 1. The maximum atomic E-state index is 5.88. The molecule has 1 heteroatoms. The minimum atomic E-state index is 0.554. The predicted octanol–water partition coefficient (Wildman–Crippen LogP) is 3.04. The number of hydrogen-bond acceptors (Lipinski definition) is 1. The Hall–Kier alpha value is -1.24. The number of hydrogen-bond donors (Lipinski definition) is 1. The molecule has 0 amide bonds. The van der Waals surface area contributed by atoms with Crippen LogP contribution < -0.4 is 5.73 Å². The maximum Gasteiger partial charge on any atom is 0.0390 e. The van der Waals surface area contributed by atoms with Gasteiger partial charge in [0.1, 0.15) is 0 Å². The third-order valence-corrected chi connectivity index (χ3v) is 2.72. The first kappa shape index (κ1) is 8.36. The zero-order valence-electron chi connectivity index (χ0n) is 8.12. The summed E-state index contributed by atoms with van der Waals surface area (Å²) in [6, 6.07) is 6.18. The minimum Gasteiger partial charge on any atom is -0.398 e. The molecule has 0 fully saturated rings. The summed E-state index contributed by atoms with van der Waals surface area (Å²) in [6.45, 7) is 4.49. The van der Waals surface area contributed by atoms with Gasteiger partial charge in [-0.3, -0.25) is 0 Å². The Morgan fingerprint density at radius 1 is 1.31 bits per heavy atom. The number of allylic oxidation sites excluding steroid dienone is 1. The number of fused-ring (bicyclic) bond motifs is 1. The molecular weight excluding hydrogens is 158 g/mol. The van der Waals surface area contributed by atoms with Crippen molar-refractivity contribution in [2.45, 2.75) is 19.8 Å². The van der Waals surface area contributed by atoms with Crippen molar-refractivity contribution in [1.82, 2.24) is 0 Å². The molecule has 0 spiro atoms. The summed E-state index contributed by atoms with van der Waals surface area (Å²) in [7, 11) is 0. The summed E-state index contributed by atoms with van der Waals surface area (Å²) in [4.78, 5) is 0. The number of anilines is 1. The van der Waals surface area contributed by atoms with Crippen LogP contribution in [0.2, 0.25) is 0 Å². The van der Waals surface area contributed by atoms with Crippen LogP contribution in [0, 0.1) is 5.92 Å². The molecule has 1 aliphatic rings. The van der Waals surface area contributed by atoms with E-state index in [1.165, 1.54) is 11.1 Å². The molecule has 2 rings (SSSR count). The van der Waals surface area contributed by atoms with Crippen LogP contribution in [-0.4, -0.2) is 0 Å². The van der Waals surface area contributed by atoms with Gasteiger partial charge >= 0.3 is 0 Å². The quantitative estimate of drug-likeness (QED) is 0.649. The summed E-state index contributed by atoms with van der Waals surface area (Å²) in [5, 5.41) is 0. The van der Waals surface area contributed by atoms with Crippen LogP contribution in [0.15, 0.2) is 24.3 Å². The Kier molecular flexibility index (Phi) is 1.87. The van der Waals surface area contributed by atoms with Crippen molar-refractivity contribution in [2.24, 2.45) is 5.92 Å².